The van der Waals surface area contributed by atoms with Gasteiger partial charge in [-0.1, -0.05) is 18.1 Å². The maximum atomic E-state index is 12.7. The number of aryl methyl sites for hydroxylation is 1. The summed E-state index contributed by atoms with van der Waals surface area (Å²) in [6.07, 6.45) is 5.57. The van der Waals surface area contributed by atoms with Gasteiger partial charge in [0.1, 0.15) is 11.0 Å². The summed E-state index contributed by atoms with van der Waals surface area (Å²) in [5, 5.41) is 1.03. The fourth-order valence-electron chi connectivity index (χ4n) is 3.50. The minimum atomic E-state index is 0.0286. The maximum Gasteiger partial charge on any atom is 0.277 e. The average molecular weight is 310 g/mol. The highest BCUT2D eigenvalue weighted by Gasteiger charge is 2.13. The third-order valence-electron chi connectivity index (χ3n) is 4.83. The molecule has 0 atom stereocenters. The third-order valence-corrected chi connectivity index (χ3v) is 4.83. The number of aromatic amines is 1. The summed E-state index contributed by atoms with van der Waals surface area (Å²) in [6, 6.07) is 6.15. The van der Waals surface area contributed by atoms with Gasteiger partial charge < -0.3 is 9.88 Å². The van der Waals surface area contributed by atoms with Gasteiger partial charge in [-0.2, -0.15) is 0 Å². The molecule has 120 valence electrons. The number of hydrogen-bond acceptors (Lipinski definition) is 3. The van der Waals surface area contributed by atoms with Crippen LogP contribution in [-0.4, -0.2) is 39.1 Å². The average Bonchev–Trinajstić information content (AvgIpc) is 2.94. The van der Waals surface area contributed by atoms with Crippen molar-refractivity contribution in [2.75, 3.05) is 19.6 Å². The minimum absolute atomic E-state index is 0.0286. The van der Waals surface area contributed by atoms with E-state index >= 15 is 0 Å². The smallest absolute Gasteiger partial charge is 0.277 e. The number of aromatic nitrogens is 3. The molecule has 2 aromatic heterocycles. The third kappa shape index (κ3) is 2.65. The van der Waals surface area contributed by atoms with Crippen molar-refractivity contribution in [3.63, 3.8) is 0 Å². The molecule has 0 aliphatic carbocycles. The molecule has 5 nitrogen and oxygen atoms in total. The van der Waals surface area contributed by atoms with E-state index in [1.54, 1.807) is 10.9 Å². The molecule has 0 saturated carbocycles. The first-order valence-corrected chi connectivity index (χ1v) is 8.42. The van der Waals surface area contributed by atoms with Crippen molar-refractivity contribution in [3.05, 3.63) is 40.4 Å². The monoisotopic (exact) mass is 310 g/mol. The molecular formula is C18H22N4O. The fraction of sp³-hybridized carbons (Fsp3) is 0.444. The molecular weight excluding hydrogens is 288 g/mol. The fourth-order valence-corrected chi connectivity index (χ4v) is 3.50. The number of fused-ring (bicyclic) bond motifs is 3. The van der Waals surface area contributed by atoms with Gasteiger partial charge in [-0.15, -0.1) is 0 Å². The van der Waals surface area contributed by atoms with Gasteiger partial charge in [0.05, 0.1) is 6.33 Å². The quantitative estimate of drug-likeness (QED) is 0.809. The van der Waals surface area contributed by atoms with E-state index in [4.69, 9.17) is 0 Å². The summed E-state index contributed by atoms with van der Waals surface area (Å²) < 4.78 is 1.74. The van der Waals surface area contributed by atoms with Crippen molar-refractivity contribution < 1.29 is 0 Å². The standard InChI is InChI=1S/C18H22N4O/c1-13-5-6-15-14(11-13)16-17(20-15)18(23)22(12-19-16)10-9-21-7-3-2-4-8-21/h5-6,11-12,20H,2-4,7-10H2,1H3. The number of nitrogens with zero attached hydrogens (tertiary/aromatic N) is 3. The number of likely N-dealkylation sites (tertiary alicyclic amines) is 1. The maximum absolute atomic E-state index is 12.7. The molecule has 0 spiro atoms. The van der Waals surface area contributed by atoms with E-state index in [2.05, 4.69) is 27.9 Å². The van der Waals surface area contributed by atoms with Crippen molar-refractivity contribution in [1.29, 1.82) is 0 Å². The first-order chi connectivity index (χ1) is 11.2. The van der Waals surface area contributed by atoms with Crippen LogP contribution < -0.4 is 5.56 Å². The zero-order valence-corrected chi connectivity index (χ0v) is 13.5. The lowest BCUT2D eigenvalue weighted by Gasteiger charge is -2.26. The van der Waals surface area contributed by atoms with E-state index in [1.807, 2.05) is 12.1 Å². The zero-order valence-electron chi connectivity index (χ0n) is 13.5. The summed E-state index contributed by atoms with van der Waals surface area (Å²) in [5.74, 6) is 0. The Morgan fingerprint density at radius 1 is 1.17 bits per heavy atom. The van der Waals surface area contributed by atoms with E-state index in [-0.39, 0.29) is 5.56 Å². The number of H-pyrrole nitrogens is 1. The van der Waals surface area contributed by atoms with E-state index in [9.17, 15) is 4.79 Å². The molecule has 0 bridgehead atoms. The molecule has 1 N–H and O–H groups in total. The van der Waals surface area contributed by atoms with Gasteiger partial charge >= 0.3 is 0 Å². The zero-order chi connectivity index (χ0) is 15.8. The Balaban J connectivity index is 1.67. The second kappa shape index (κ2) is 5.81. The molecule has 1 fully saturated rings. The molecule has 3 heterocycles. The van der Waals surface area contributed by atoms with Gasteiger partial charge in [-0.05, 0) is 45.0 Å². The lowest BCUT2D eigenvalue weighted by Crippen LogP contribution is -2.34. The van der Waals surface area contributed by atoms with Gasteiger partial charge in [0.25, 0.3) is 5.56 Å². The summed E-state index contributed by atoms with van der Waals surface area (Å²) >= 11 is 0. The van der Waals surface area contributed by atoms with Crippen LogP contribution in [-0.2, 0) is 6.54 Å². The van der Waals surface area contributed by atoms with Crippen molar-refractivity contribution >= 4 is 21.9 Å². The van der Waals surface area contributed by atoms with Crippen molar-refractivity contribution in [2.45, 2.75) is 32.7 Å². The van der Waals surface area contributed by atoms with E-state index < -0.39 is 0 Å². The molecule has 1 aliphatic heterocycles. The second-order valence-corrected chi connectivity index (χ2v) is 6.54. The Bertz CT molecular complexity index is 902. The molecule has 1 aromatic carbocycles. The summed E-state index contributed by atoms with van der Waals surface area (Å²) in [5.41, 5.74) is 3.58. The van der Waals surface area contributed by atoms with E-state index in [1.165, 1.54) is 24.8 Å². The molecule has 0 radical (unpaired) electrons. The largest absolute Gasteiger partial charge is 0.349 e. The van der Waals surface area contributed by atoms with Crippen LogP contribution in [0, 0.1) is 6.92 Å². The first-order valence-electron chi connectivity index (χ1n) is 8.42. The number of nitrogens with one attached hydrogen (secondary N) is 1. The van der Waals surface area contributed by atoms with Crippen LogP contribution in [0.2, 0.25) is 0 Å². The Labute approximate surface area is 134 Å². The van der Waals surface area contributed by atoms with Crippen LogP contribution in [0.25, 0.3) is 21.9 Å². The van der Waals surface area contributed by atoms with Crippen LogP contribution in [0.15, 0.2) is 29.3 Å². The van der Waals surface area contributed by atoms with Gasteiger partial charge in [0, 0.05) is 24.0 Å². The van der Waals surface area contributed by atoms with Crippen molar-refractivity contribution in [3.8, 4) is 0 Å². The van der Waals surface area contributed by atoms with Crippen LogP contribution in [0.5, 0.6) is 0 Å². The molecule has 0 amide bonds. The molecule has 1 saturated heterocycles. The lowest BCUT2D eigenvalue weighted by molar-refractivity contribution is 0.220. The van der Waals surface area contributed by atoms with E-state index in [0.29, 0.717) is 12.1 Å². The Morgan fingerprint density at radius 2 is 2.00 bits per heavy atom. The predicted octanol–water partition coefficient (Wildman–Crippen LogP) is 2.67. The Morgan fingerprint density at radius 3 is 2.83 bits per heavy atom. The highest BCUT2D eigenvalue weighted by Crippen LogP contribution is 2.22. The molecule has 4 rings (SSSR count). The van der Waals surface area contributed by atoms with Gasteiger partial charge in [-0.25, -0.2) is 4.98 Å². The minimum Gasteiger partial charge on any atom is -0.349 e. The SMILES string of the molecule is Cc1ccc2[nH]c3c(=O)n(CCN4CCCCC4)cnc3c2c1. The number of rotatable bonds is 3. The molecule has 1 aliphatic rings. The van der Waals surface area contributed by atoms with Crippen molar-refractivity contribution in [1.82, 2.24) is 19.4 Å². The highest BCUT2D eigenvalue weighted by atomic mass is 16.1. The number of benzene rings is 1. The number of hydrogen-bond donors (Lipinski definition) is 1. The first kappa shape index (κ1) is 14.5. The van der Waals surface area contributed by atoms with Crippen molar-refractivity contribution in [2.24, 2.45) is 0 Å². The molecule has 3 aromatic rings. The predicted molar refractivity (Wildman–Crippen MR) is 92.9 cm³/mol. The second-order valence-electron chi connectivity index (χ2n) is 6.54. The van der Waals surface area contributed by atoms with Crippen LogP contribution in [0.4, 0.5) is 0 Å². The summed E-state index contributed by atoms with van der Waals surface area (Å²) in [7, 11) is 0. The van der Waals surface area contributed by atoms with Crippen LogP contribution >= 0.6 is 0 Å². The molecule has 23 heavy (non-hydrogen) atoms. The normalized spacial score (nSPS) is 16.4. The summed E-state index contributed by atoms with van der Waals surface area (Å²) in [6.45, 7) is 5.98. The van der Waals surface area contributed by atoms with Gasteiger partial charge in [0.15, 0.2) is 0 Å². The molecule has 5 heteroatoms. The molecule has 0 unspecified atom stereocenters. The lowest BCUT2D eigenvalue weighted by atomic mass is 10.1. The topological polar surface area (TPSA) is 53.9 Å². The summed E-state index contributed by atoms with van der Waals surface area (Å²) in [4.78, 5) is 23.0. The van der Waals surface area contributed by atoms with Crippen LogP contribution in [0.3, 0.4) is 0 Å². The van der Waals surface area contributed by atoms with E-state index in [0.717, 1.165) is 36.1 Å². The Kier molecular flexibility index (Phi) is 3.65. The Hall–Kier alpha value is -2.14. The number of piperidine rings is 1. The van der Waals surface area contributed by atoms with Crippen LogP contribution in [0.1, 0.15) is 24.8 Å². The van der Waals surface area contributed by atoms with Gasteiger partial charge in [-0.3, -0.25) is 9.36 Å². The highest BCUT2D eigenvalue weighted by molar-refractivity contribution is 6.04. The van der Waals surface area contributed by atoms with Gasteiger partial charge in [0.2, 0.25) is 0 Å².